The average molecular weight is 298 g/mol. The molecule has 0 aromatic carbocycles. The van der Waals surface area contributed by atoms with Crippen molar-refractivity contribution in [2.45, 2.75) is 23.6 Å². The molecule has 3 rings (SSSR count). The maximum absolute atomic E-state index is 5.94. The highest BCUT2D eigenvalue weighted by Gasteiger charge is 2.13. The Hall–Kier alpha value is -1.11. The molecule has 3 heterocycles. The maximum atomic E-state index is 5.94. The summed E-state index contributed by atoms with van der Waals surface area (Å²) in [6, 6.07) is 2.10. The second-order valence-corrected chi connectivity index (χ2v) is 5.88. The molecule has 0 saturated carbocycles. The predicted octanol–water partition coefficient (Wildman–Crippen LogP) is 4.05. The van der Waals surface area contributed by atoms with E-state index in [1.165, 1.54) is 22.9 Å². The molecule has 4 nitrogen and oxygen atoms in total. The quantitative estimate of drug-likeness (QED) is 0.539. The molecular weight excluding hydrogens is 290 g/mol. The monoisotopic (exact) mass is 297 g/mol. The Labute approximate surface area is 116 Å². The number of hydrogen-bond donors (Lipinski definition) is 0. The highest BCUT2D eigenvalue weighted by Crippen LogP contribution is 2.35. The lowest BCUT2D eigenvalue weighted by Crippen LogP contribution is -1.86. The van der Waals surface area contributed by atoms with Gasteiger partial charge in [-0.3, -0.25) is 0 Å². The topological polar surface area (TPSA) is 51.8 Å². The molecule has 0 unspecified atom stereocenters. The van der Waals surface area contributed by atoms with Gasteiger partial charge in [0.05, 0.1) is 6.20 Å². The fraction of sp³-hybridized carbons (Fsp3) is 0.182. The molecule has 0 N–H and O–H groups in total. The first-order valence-corrected chi connectivity index (χ1v) is 7.30. The number of oxazole rings is 1. The molecule has 0 aliphatic carbocycles. The minimum Gasteiger partial charge on any atom is -0.440 e. The lowest BCUT2D eigenvalue weighted by molar-refractivity contribution is 0.454. The smallest absolute Gasteiger partial charge is 0.261 e. The van der Waals surface area contributed by atoms with Crippen LogP contribution in [0.1, 0.15) is 11.8 Å². The minimum atomic E-state index is 0.251. The third-order valence-electron chi connectivity index (χ3n) is 2.32. The Kier molecular flexibility index (Phi) is 3.23. The van der Waals surface area contributed by atoms with Gasteiger partial charge in [0.2, 0.25) is 5.28 Å². The Bertz CT molecular complexity index is 681. The van der Waals surface area contributed by atoms with Crippen LogP contribution in [0.5, 0.6) is 0 Å². The van der Waals surface area contributed by atoms with E-state index in [0.29, 0.717) is 5.22 Å². The van der Waals surface area contributed by atoms with Crippen molar-refractivity contribution in [2.75, 3.05) is 0 Å². The summed E-state index contributed by atoms with van der Waals surface area (Å²) < 4.78 is 5.21. The van der Waals surface area contributed by atoms with Gasteiger partial charge in [0.25, 0.3) is 5.22 Å². The first-order valence-electron chi connectivity index (χ1n) is 5.29. The van der Waals surface area contributed by atoms with E-state index in [4.69, 9.17) is 16.0 Å². The maximum Gasteiger partial charge on any atom is 0.261 e. The molecule has 0 atom stereocenters. The summed E-state index contributed by atoms with van der Waals surface area (Å²) in [5, 5.41) is 2.59. The van der Waals surface area contributed by atoms with Gasteiger partial charge in [-0.05, 0) is 35.9 Å². The van der Waals surface area contributed by atoms with Gasteiger partial charge in [-0.2, -0.15) is 0 Å². The van der Waals surface area contributed by atoms with Gasteiger partial charge in [0.1, 0.15) is 16.1 Å². The van der Waals surface area contributed by atoms with Crippen LogP contribution in [0.3, 0.4) is 0 Å². The lowest BCUT2D eigenvalue weighted by Gasteiger charge is -1.98. The number of hydrogen-bond acceptors (Lipinski definition) is 6. The van der Waals surface area contributed by atoms with Gasteiger partial charge in [0.15, 0.2) is 0 Å². The summed E-state index contributed by atoms with van der Waals surface area (Å²) in [6.07, 6.45) is 4.11. The average Bonchev–Trinajstić information content (AvgIpc) is 2.97. The molecule has 0 fully saturated rings. The fourth-order valence-electron chi connectivity index (χ4n) is 1.52. The molecule has 3 aromatic heterocycles. The number of fused-ring (bicyclic) bond motifs is 1. The number of thiophene rings is 1. The fourth-order valence-corrected chi connectivity index (χ4v) is 3.60. The molecule has 3 aromatic rings. The largest absolute Gasteiger partial charge is 0.440 e. The van der Waals surface area contributed by atoms with E-state index in [0.717, 1.165) is 21.7 Å². The van der Waals surface area contributed by atoms with Crippen LogP contribution in [-0.2, 0) is 6.42 Å². The molecule has 0 bridgehead atoms. The first kappa shape index (κ1) is 12.0. The zero-order chi connectivity index (χ0) is 12.5. The Balaban J connectivity index is 2.11. The van der Waals surface area contributed by atoms with Crippen molar-refractivity contribution in [3.8, 4) is 0 Å². The van der Waals surface area contributed by atoms with E-state index in [1.54, 1.807) is 17.5 Å². The third kappa shape index (κ3) is 2.23. The van der Waals surface area contributed by atoms with Crippen molar-refractivity contribution in [1.82, 2.24) is 15.0 Å². The van der Waals surface area contributed by atoms with Crippen LogP contribution in [0, 0.1) is 0 Å². The van der Waals surface area contributed by atoms with Gasteiger partial charge < -0.3 is 4.42 Å². The minimum absolute atomic E-state index is 0.251. The van der Waals surface area contributed by atoms with Crippen LogP contribution in [-0.4, -0.2) is 15.0 Å². The molecule has 0 aliphatic heterocycles. The van der Waals surface area contributed by atoms with Gasteiger partial charge in [-0.15, -0.1) is 11.3 Å². The van der Waals surface area contributed by atoms with Crippen LogP contribution in [0.2, 0.25) is 5.28 Å². The van der Waals surface area contributed by atoms with E-state index in [2.05, 4.69) is 27.9 Å². The van der Waals surface area contributed by atoms with Crippen LogP contribution in [0.15, 0.2) is 33.2 Å². The first-order chi connectivity index (χ1) is 8.76. The summed E-state index contributed by atoms with van der Waals surface area (Å²) in [5.41, 5.74) is 0. The van der Waals surface area contributed by atoms with Crippen molar-refractivity contribution in [3.63, 3.8) is 0 Å². The molecular formula is C11H8ClN3OS2. The number of rotatable bonds is 3. The van der Waals surface area contributed by atoms with Crippen molar-refractivity contribution < 1.29 is 4.42 Å². The molecule has 18 heavy (non-hydrogen) atoms. The molecule has 0 spiro atoms. The van der Waals surface area contributed by atoms with Gasteiger partial charge >= 0.3 is 0 Å². The van der Waals surface area contributed by atoms with E-state index in [9.17, 15) is 0 Å². The Morgan fingerprint density at radius 3 is 3.06 bits per heavy atom. The van der Waals surface area contributed by atoms with E-state index in [1.807, 2.05) is 0 Å². The summed E-state index contributed by atoms with van der Waals surface area (Å²) in [7, 11) is 0. The second kappa shape index (κ2) is 4.87. The highest BCUT2D eigenvalue weighted by atomic mass is 35.5. The number of aromatic nitrogens is 3. The zero-order valence-corrected chi connectivity index (χ0v) is 11.8. The summed E-state index contributed by atoms with van der Waals surface area (Å²) in [5.74, 6) is 0. The molecule has 7 heteroatoms. The standard InChI is InChI=1S/C11H8ClN3OS2/c1-2-6-5-7-8(17-6)14-10(12)15-9(7)18-11-13-3-4-16-11/h3-5H,2H2,1H3. The molecule has 0 saturated heterocycles. The van der Waals surface area contributed by atoms with Crippen LogP contribution in [0.25, 0.3) is 10.2 Å². The SMILES string of the molecule is CCc1cc2c(Sc3ncco3)nc(Cl)nc2s1. The van der Waals surface area contributed by atoms with Gasteiger partial charge in [0, 0.05) is 10.3 Å². The van der Waals surface area contributed by atoms with Crippen molar-refractivity contribution in [3.05, 3.63) is 28.7 Å². The van der Waals surface area contributed by atoms with E-state index >= 15 is 0 Å². The van der Waals surface area contributed by atoms with Crippen molar-refractivity contribution in [2.24, 2.45) is 0 Å². The van der Waals surface area contributed by atoms with Crippen LogP contribution < -0.4 is 0 Å². The Morgan fingerprint density at radius 1 is 1.44 bits per heavy atom. The normalized spacial score (nSPS) is 11.2. The number of halogens is 1. The van der Waals surface area contributed by atoms with Crippen LogP contribution >= 0.6 is 34.7 Å². The number of nitrogens with zero attached hydrogens (tertiary/aromatic N) is 3. The summed E-state index contributed by atoms with van der Waals surface area (Å²) in [6.45, 7) is 2.11. The van der Waals surface area contributed by atoms with Crippen LogP contribution in [0.4, 0.5) is 0 Å². The zero-order valence-electron chi connectivity index (χ0n) is 9.38. The second-order valence-electron chi connectivity index (χ2n) is 3.48. The van der Waals surface area contributed by atoms with Crippen molar-refractivity contribution in [1.29, 1.82) is 0 Å². The van der Waals surface area contributed by atoms with E-state index in [-0.39, 0.29) is 5.28 Å². The lowest BCUT2D eigenvalue weighted by atomic mass is 10.3. The molecule has 0 amide bonds. The number of aryl methyl sites for hydroxylation is 1. The third-order valence-corrected chi connectivity index (χ3v) is 4.55. The molecule has 92 valence electrons. The highest BCUT2D eigenvalue weighted by molar-refractivity contribution is 7.99. The molecule has 0 radical (unpaired) electrons. The van der Waals surface area contributed by atoms with Gasteiger partial charge in [-0.25, -0.2) is 15.0 Å². The Morgan fingerprint density at radius 2 is 2.33 bits per heavy atom. The van der Waals surface area contributed by atoms with E-state index < -0.39 is 0 Å². The van der Waals surface area contributed by atoms with Crippen molar-refractivity contribution >= 4 is 44.9 Å². The predicted molar refractivity (Wildman–Crippen MR) is 72.4 cm³/mol. The summed E-state index contributed by atoms with van der Waals surface area (Å²) >= 11 is 8.93. The van der Waals surface area contributed by atoms with Gasteiger partial charge in [-0.1, -0.05) is 6.92 Å². The summed E-state index contributed by atoms with van der Waals surface area (Å²) in [4.78, 5) is 14.7. The molecule has 0 aliphatic rings.